The third-order valence-corrected chi connectivity index (χ3v) is 12.7. The number of hydrogen-bond acceptors (Lipinski definition) is 8. The van der Waals surface area contributed by atoms with Crippen LogP contribution in [-0.2, 0) is 41.6 Å². The minimum atomic E-state index is -1.50. The van der Waals surface area contributed by atoms with Gasteiger partial charge in [-0.05, 0) is 102 Å². The van der Waals surface area contributed by atoms with E-state index in [4.69, 9.17) is 0 Å². The van der Waals surface area contributed by atoms with Crippen molar-refractivity contribution in [3.8, 4) is 0 Å². The Hall–Kier alpha value is -4.96. The number of nitrogens with zero attached hydrogens (tertiary/aromatic N) is 2. The van der Waals surface area contributed by atoms with Gasteiger partial charge in [0.15, 0.2) is 0 Å². The highest BCUT2D eigenvalue weighted by molar-refractivity contribution is 5.95. The summed E-state index contributed by atoms with van der Waals surface area (Å²) in [7, 11) is 3.14. The monoisotopic (exact) mass is 834 g/mol. The zero-order valence-corrected chi connectivity index (χ0v) is 35.0. The first-order valence-corrected chi connectivity index (χ1v) is 21.4. The maximum atomic E-state index is 15.2. The zero-order chi connectivity index (χ0) is 43.1. The van der Waals surface area contributed by atoms with Crippen molar-refractivity contribution in [2.45, 2.75) is 139 Å². The van der Waals surface area contributed by atoms with Gasteiger partial charge in [-0.25, -0.2) is 8.78 Å². The summed E-state index contributed by atoms with van der Waals surface area (Å²) in [6, 6.07) is 8.55. The standard InChI is InChI=1S/C44H60F2N8O6/c1-25(47-3)39(55)51-35(43(59)53-23-29(45)21-37(53)41(57)49-33-17-9-13-27-11-5-7-15-31(27)33)19-20-36(52-40(56)26(2)48-4)44(60)54-24-30(46)22-38(54)42(58)50-34-18-10-14-28-12-6-8-16-32(28)34/h5-8,11-12,15-16,25-26,29-30,33-38,47-48H,9-10,13-14,17-24H2,1-4H3,(H,49,57)(H,50,58)(H,51,55)(H,52,56)/t25-,26-,29-,30-,33+,34+,35-,36-,37-,38-/m0/s1. The summed E-state index contributed by atoms with van der Waals surface area (Å²) in [4.78, 5) is 85.6. The summed E-state index contributed by atoms with van der Waals surface area (Å²) in [5.41, 5.74) is 4.21. The molecule has 14 nitrogen and oxygen atoms in total. The number of rotatable bonds is 15. The Kier molecular flexibility index (Phi) is 14.9. The molecule has 60 heavy (non-hydrogen) atoms. The number of nitrogens with one attached hydrogen (secondary N) is 6. The fourth-order valence-electron chi connectivity index (χ4n) is 9.00. The van der Waals surface area contributed by atoms with Crippen molar-refractivity contribution in [3.05, 3.63) is 70.8 Å². The summed E-state index contributed by atoms with van der Waals surface area (Å²) < 4.78 is 30.5. The van der Waals surface area contributed by atoms with Gasteiger partial charge in [-0.15, -0.1) is 0 Å². The molecule has 10 atom stereocenters. The third kappa shape index (κ3) is 10.3. The molecule has 0 bridgehead atoms. The van der Waals surface area contributed by atoms with Gasteiger partial charge < -0.3 is 41.7 Å². The number of aryl methyl sites for hydroxylation is 2. The zero-order valence-electron chi connectivity index (χ0n) is 35.0. The van der Waals surface area contributed by atoms with Crippen molar-refractivity contribution >= 4 is 35.4 Å². The Morgan fingerprint density at radius 2 is 1.02 bits per heavy atom. The van der Waals surface area contributed by atoms with Crippen LogP contribution in [0.5, 0.6) is 0 Å². The van der Waals surface area contributed by atoms with E-state index < -0.39 is 84.0 Å². The molecule has 0 radical (unpaired) electrons. The highest BCUT2D eigenvalue weighted by Gasteiger charge is 2.46. The van der Waals surface area contributed by atoms with Crippen molar-refractivity contribution in [3.63, 3.8) is 0 Å². The van der Waals surface area contributed by atoms with Crippen LogP contribution in [0.3, 0.4) is 0 Å². The number of halogens is 2. The van der Waals surface area contributed by atoms with Crippen LogP contribution in [-0.4, -0.2) is 121 Å². The maximum Gasteiger partial charge on any atom is 0.245 e. The van der Waals surface area contributed by atoms with Crippen LogP contribution in [0, 0.1) is 0 Å². The van der Waals surface area contributed by atoms with Gasteiger partial charge in [0, 0.05) is 12.8 Å². The Morgan fingerprint density at radius 3 is 1.40 bits per heavy atom. The second-order valence-electron chi connectivity index (χ2n) is 16.7. The van der Waals surface area contributed by atoms with Crippen molar-refractivity contribution in [1.29, 1.82) is 0 Å². The number of carbonyl (C=O) groups is 6. The molecular weight excluding hydrogens is 775 g/mol. The topological polar surface area (TPSA) is 181 Å². The van der Waals surface area contributed by atoms with Gasteiger partial charge in [-0.2, -0.15) is 0 Å². The fraction of sp³-hybridized carbons (Fsp3) is 0.591. The molecule has 16 heteroatoms. The van der Waals surface area contributed by atoms with Crippen LogP contribution >= 0.6 is 0 Å². The van der Waals surface area contributed by atoms with E-state index >= 15 is 8.78 Å². The quantitative estimate of drug-likeness (QED) is 0.158. The van der Waals surface area contributed by atoms with Crippen LogP contribution in [0.25, 0.3) is 0 Å². The molecule has 2 aromatic carbocycles. The predicted molar refractivity (Wildman–Crippen MR) is 221 cm³/mol. The first kappa shape index (κ1) is 44.6. The molecule has 2 aliphatic heterocycles. The Labute approximate surface area is 350 Å². The number of fused-ring (bicyclic) bond motifs is 2. The molecule has 6 rings (SSSR count). The van der Waals surface area contributed by atoms with Crippen molar-refractivity contribution in [2.24, 2.45) is 0 Å². The number of benzene rings is 2. The van der Waals surface area contributed by atoms with E-state index in [0.29, 0.717) is 12.8 Å². The van der Waals surface area contributed by atoms with Crippen molar-refractivity contribution < 1.29 is 37.5 Å². The van der Waals surface area contributed by atoms with E-state index in [1.807, 2.05) is 48.5 Å². The smallest absolute Gasteiger partial charge is 0.245 e. The minimum absolute atomic E-state index is 0.216. The molecule has 0 spiro atoms. The average molecular weight is 835 g/mol. The van der Waals surface area contributed by atoms with Gasteiger partial charge in [0.2, 0.25) is 35.4 Å². The van der Waals surface area contributed by atoms with Gasteiger partial charge in [-0.3, -0.25) is 28.8 Å². The lowest BCUT2D eigenvalue weighted by molar-refractivity contribution is -0.143. The van der Waals surface area contributed by atoms with Gasteiger partial charge in [0.25, 0.3) is 0 Å². The lowest BCUT2D eigenvalue weighted by atomic mass is 9.87. The molecular formula is C44H60F2N8O6. The van der Waals surface area contributed by atoms with E-state index in [2.05, 4.69) is 31.9 Å². The number of likely N-dealkylation sites (N-methyl/N-ethyl adjacent to an activating group) is 2. The lowest BCUT2D eigenvalue weighted by Crippen LogP contribution is -2.58. The van der Waals surface area contributed by atoms with Gasteiger partial charge in [0.1, 0.15) is 36.5 Å². The van der Waals surface area contributed by atoms with Crippen molar-refractivity contribution in [2.75, 3.05) is 27.2 Å². The summed E-state index contributed by atoms with van der Waals surface area (Å²) in [6.07, 6.45) is 0.952. The molecule has 4 aliphatic rings. The summed E-state index contributed by atoms with van der Waals surface area (Å²) in [5, 5.41) is 17.2. The molecule has 0 saturated carbocycles. The van der Waals surface area contributed by atoms with Crippen LogP contribution in [0.4, 0.5) is 8.78 Å². The number of likely N-dealkylation sites (tertiary alicyclic amines) is 2. The first-order chi connectivity index (χ1) is 28.8. The van der Waals surface area contributed by atoms with E-state index in [1.165, 1.54) is 0 Å². The highest BCUT2D eigenvalue weighted by atomic mass is 19.1. The lowest BCUT2D eigenvalue weighted by Gasteiger charge is -2.33. The molecule has 2 aliphatic carbocycles. The van der Waals surface area contributed by atoms with Gasteiger partial charge in [0.05, 0.1) is 37.3 Å². The fourth-order valence-corrected chi connectivity index (χ4v) is 9.00. The predicted octanol–water partition coefficient (Wildman–Crippen LogP) is 2.22. The van der Waals surface area contributed by atoms with E-state index in [1.54, 1.807) is 27.9 Å². The largest absolute Gasteiger partial charge is 0.347 e. The second kappa shape index (κ2) is 20.1. The Balaban J connectivity index is 1.21. The van der Waals surface area contributed by atoms with Crippen molar-refractivity contribution in [1.82, 2.24) is 41.7 Å². The second-order valence-corrected chi connectivity index (χ2v) is 16.7. The summed E-state index contributed by atoms with van der Waals surface area (Å²) in [5.74, 6) is -3.54. The number of alkyl halides is 2. The van der Waals surface area contributed by atoms with Crippen LogP contribution < -0.4 is 31.9 Å². The van der Waals surface area contributed by atoms with Crippen LogP contribution in [0.2, 0.25) is 0 Å². The minimum Gasteiger partial charge on any atom is -0.347 e. The number of carbonyl (C=O) groups excluding carboxylic acids is 6. The third-order valence-electron chi connectivity index (χ3n) is 12.7. The molecule has 6 amide bonds. The molecule has 2 aromatic rings. The summed E-state index contributed by atoms with van der Waals surface area (Å²) >= 11 is 0. The van der Waals surface area contributed by atoms with Gasteiger partial charge in [-0.1, -0.05) is 48.5 Å². The van der Waals surface area contributed by atoms with Crippen LogP contribution in [0.15, 0.2) is 48.5 Å². The van der Waals surface area contributed by atoms with E-state index in [0.717, 1.165) is 57.7 Å². The van der Waals surface area contributed by atoms with Gasteiger partial charge >= 0.3 is 0 Å². The normalized spacial score (nSPS) is 25.5. The first-order valence-electron chi connectivity index (χ1n) is 21.4. The molecule has 0 aromatic heterocycles. The number of hydrogen-bond donors (Lipinski definition) is 6. The number of amides is 6. The Morgan fingerprint density at radius 1 is 0.633 bits per heavy atom. The van der Waals surface area contributed by atoms with E-state index in [-0.39, 0.29) is 50.9 Å². The summed E-state index contributed by atoms with van der Waals surface area (Å²) in [6.45, 7) is 2.43. The highest BCUT2D eigenvalue weighted by Crippen LogP contribution is 2.33. The van der Waals surface area contributed by atoms with E-state index in [9.17, 15) is 28.8 Å². The van der Waals surface area contributed by atoms with Crippen LogP contribution in [0.1, 0.15) is 99.6 Å². The molecule has 2 saturated heterocycles. The molecule has 2 heterocycles. The molecule has 326 valence electrons. The molecule has 0 unspecified atom stereocenters. The average Bonchev–Trinajstić information content (AvgIpc) is 3.86. The SMILES string of the molecule is CN[C@@H](C)C(=O)N[C@@H](CC[C@H](NC(=O)[C@H](C)NC)C(=O)N1C[C@@H](F)C[C@H]1C(=O)N[C@@H]1CCCc2ccccc21)C(=O)N1C[C@@H](F)C[C@H]1C(=O)N[C@@H]1CCCc2ccccc21. The molecule has 2 fully saturated rings. The molecule has 6 N–H and O–H groups in total. The Bertz CT molecular complexity index is 1770. The maximum absolute atomic E-state index is 15.2.